The van der Waals surface area contributed by atoms with E-state index in [1.54, 1.807) is 0 Å². The normalized spacial score (nSPS) is 28.4. The molecule has 1 unspecified atom stereocenters. The predicted octanol–water partition coefficient (Wildman–Crippen LogP) is 2.74. The first kappa shape index (κ1) is 12.3. The van der Waals surface area contributed by atoms with Crippen LogP contribution in [0.1, 0.15) is 44.9 Å². The average molecular weight is 241 g/mol. The lowest BCUT2D eigenvalue weighted by atomic mass is 10.00. The number of hydrogen-bond donors (Lipinski definition) is 1. The monoisotopic (exact) mass is 241 g/mol. The largest absolute Gasteiger partial charge is 0.342 e. The van der Waals surface area contributed by atoms with E-state index in [2.05, 4.69) is 17.5 Å². The number of likely N-dealkylation sites (tertiary alicyclic amines) is 1. The fraction of sp³-hybridized carbons (Fsp3) is 0.923. The molecule has 2 rings (SSSR count). The van der Waals surface area contributed by atoms with Crippen LogP contribution in [0.25, 0.3) is 0 Å². The molecule has 2 aliphatic rings. The lowest BCUT2D eigenvalue weighted by molar-refractivity contribution is -0.128. The fourth-order valence-corrected chi connectivity index (χ4v) is 3.26. The lowest BCUT2D eigenvalue weighted by Crippen LogP contribution is -2.31. The van der Waals surface area contributed by atoms with E-state index in [1.807, 2.05) is 0 Å². The first-order valence-electron chi connectivity index (χ1n) is 6.68. The molecule has 0 bridgehead atoms. The summed E-state index contributed by atoms with van der Waals surface area (Å²) in [4.78, 5) is 13.9. The standard InChI is InChI=1S/C13H23NOS/c15-13-7-12(10-16)9-14(13)8-11-5-3-1-2-4-6-11/h11-12,16H,1-10H2. The van der Waals surface area contributed by atoms with Gasteiger partial charge in [-0.3, -0.25) is 4.79 Å². The summed E-state index contributed by atoms with van der Waals surface area (Å²) in [5, 5.41) is 0. The highest BCUT2D eigenvalue weighted by Crippen LogP contribution is 2.26. The van der Waals surface area contributed by atoms with Gasteiger partial charge < -0.3 is 4.90 Å². The number of amides is 1. The Morgan fingerprint density at radius 1 is 1.12 bits per heavy atom. The Bertz CT molecular complexity index is 236. The van der Waals surface area contributed by atoms with Crippen LogP contribution in [-0.2, 0) is 4.79 Å². The zero-order valence-corrected chi connectivity index (χ0v) is 10.9. The number of hydrogen-bond acceptors (Lipinski definition) is 2. The Labute approximate surface area is 104 Å². The van der Waals surface area contributed by atoms with Crippen LogP contribution in [0.15, 0.2) is 0 Å². The van der Waals surface area contributed by atoms with Gasteiger partial charge in [0.1, 0.15) is 0 Å². The summed E-state index contributed by atoms with van der Waals surface area (Å²) in [6.45, 7) is 1.97. The molecule has 0 radical (unpaired) electrons. The highest BCUT2D eigenvalue weighted by molar-refractivity contribution is 7.80. The molecule has 0 aromatic heterocycles. The topological polar surface area (TPSA) is 20.3 Å². The minimum absolute atomic E-state index is 0.364. The maximum Gasteiger partial charge on any atom is 0.222 e. The second-order valence-corrected chi connectivity index (χ2v) is 5.77. The van der Waals surface area contributed by atoms with Crippen molar-refractivity contribution < 1.29 is 4.79 Å². The Balaban J connectivity index is 1.81. The van der Waals surface area contributed by atoms with Gasteiger partial charge in [-0.25, -0.2) is 0 Å². The van der Waals surface area contributed by atoms with Crippen molar-refractivity contribution in [2.24, 2.45) is 11.8 Å². The van der Waals surface area contributed by atoms with Crippen LogP contribution >= 0.6 is 12.6 Å². The minimum atomic E-state index is 0.364. The van der Waals surface area contributed by atoms with E-state index in [-0.39, 0.29) is 0 Å². The summed E-state index contributed by atoms with van der Waals surface area (Å²) in [6.07, 6.45) is 8.90. The smallest absolute Gasteiger partial charge is 0.222 e. The van der Waals surface area contributed by atoms with E-state index in [9.17, 15) is 4.79 Å². The van der Waals surface area contributed by atoms with E-state index < -0.39 is 0 Å². The molecule has 1 saturated heterocycles. The molecule has 92 valence electrons. The summed E-state index contributed by atoms with van der Waals surface area (Å²) in [7, 11) is 0. The van der Waals surface area contributed by atoms with E-state index in [0.29, 0.717) is 11.8 Å². The van der Waals surface area contributed by atoms with Gasteiger partial charge in [-0.05, 0) is 30.4 Å². The molecule has 1 saturated carbocycles. The van der Waals surface area contributed by atoms with Crippen molar-refractivity contribution in [3.05, 3.63) is 0 Å². The van der Waals surface area contributed by atoms with Gasteiger partial charge in [0.05, 0.1) is 0 Å². The Morgan fingerprint density at radius 2 is 1.81 bits per heavy atom. The van der Waals surface area contributed by atoms with Gasteiger partial charge in [-0.1, -0.05) is 25.7 Å². The minimum Gasteiger partial charge on any atom is -0.342 e. The molecular formula is C13H23NOS. The van der Waals surface area contributed by atoms with Crippen LogP contribution < -0.4 is 0 Å². The molecule has 1 heterocycles. The highest BCUT2D eigenvalue weighted by atomic mass is 32.1. The van der Waals surface area contributed by atoms with Crippen LogP contribution in [0.5, 0.6) is 0 Å². The lowest BCUT2D eigenvalue weighted by Gasteiger charge is -2.23. The number of nitrogens with zero attached hydrogens (tertiary/aromatic N) is 1. The fourth-order valence-electron chi connectivity index (χ4n) is 3.01. The molecule has 0 aromatic rings. The molecule has 1 aliphatic heterocycles. The van der Waals surface area contributed by atoms with Gasteiger partial charge in [0.25, 0.3) is 0 Å². The summed E-state index contributed by atoms with van der Waals surface area (Å²) in [6, 6.07) is 0. The van der Waals surface area contributed by atoms with Gasteiger partial charge in [-0.2, -0.15) is 12.6 Å². The van der Waals surface area contributed by atoms with Crippen molar-refractivity contribution in [3.63, 3.8) is 0 Å². The SMILES string of the molecule is O=C1CC(CS)CN1CC1CCCCCC1. The van der Waals surface area contributed by atoms with Crippen molar-refractivity contribution in [2.45, 2.75) is 44.9 Å². The van der Waals surface area contributed by atoms with Crippen LogP contribution in [0.2, 0.25) is 0 Å². The van der Waals surface area contributed by atoms with E-state index in [0.717, 1.165) is 31.2 Å². The maximum atomic E-state index is 11.8. The Kier molecular flexibility index (Phi) is 4.56. The molecule has 0 N–H and O–H groups in total. The predicted molar refractivity (Wildman–Crippen MR) is 69.7 cm³/mol. The molecule has 2 fully saturated rings. The molecule has 1 aliphatic carbocycles. The summed E-state index contributed by atoms with van der Waals surface area (Å²) >= 11 is 4.30. The second kappa shape index (κ2) is 5.95. The molecule has 3 heteroatoms. The van der Waals surface area contributed by atoms with Crippen LogP contribution in [0.3, 0.4) is 0 Å². The van der Waals surface area contributed by atoms with Gasteiger partial charge >= 0.3 is 0 Å². The van der Waals surface area contributed by atoms with Gasteiger partial charge in [0.15, 0.2) is 0 Å². The maximum absolute atomic E-state index is 11.8. The van der Waals surface area contributed by atoms with E-state index >= 15 is 0 Å². The van der Waals surface area contributed by atoms with Crippen LogP contribution in [-0.4, -0.2) is 29.6 Å². The number of carbonyl (C=O) groups excluding carboxylic acids is 1. The van der Waals surface area contributed by atoms with Crippen molar-refractivity contribution in [1.29, 1.82) is 0 Å². The van der Waals surface area contributed by atoms with Gasteiger partial charge in [0.2, 0.25) is 5.91 Å². The number of rotatable bonds is 3. The Morgan fingerprint density at radius 3 is 2.38 bits per heavy atom. The van der Waals surface area contributed by atoms with Crippen molar-refractivity contribution in [3.8, 4) is 0 Å². The first-order valence-corrected chi connectivity index (χ1v) is 7.31. The third kappa shape index (κ3) is 3.16. The first-order chi connectivity index (χ1) is 7.79. The molecular weight excluding hydrogens is 218 g/mol. The van der Waals surface area contributed by atoms with Crippen molar-refractivity contribution in [1.82, 2.24) is 4.90 Å². The third-order valence-corrected chi connectivity index (χ3v) is 4.52. The van der Waals surface area contributed by atoms with E-state index in [4.69, 9.17) is 0 Å². The third-order valence-electron chi connectivity index (χ3n) is 4.01. The Hall–Kier alpha value is -0.180. The molecule has 16 heavy (non-hydrogen) atoms. The van der Waals surface area contributed by atoms with Crippen molar-refractivity contribution in [2.75, 3.05) is 18.8 Å². The molecule has 1 atom stereocenters. The van der Waals surface area contributed by atoms with Crippen LogP contribution in [0, 0.1) is 11.8 Å². The number of thiol groups is 1. The zero-order valence-electron chi connectivity index (χ0n) is 10.0. The molecule has 0 spiro atoms. The van der Waals surface area contributed by atoms with E-state index in [1.165, 1.54) is 38.5 Å². The van der Waals surface area contributed by atoms with Crippen LogP contribution in [0.4, 0.5) is 0 Å². The highest BCUT2D eigenvalue weighted by Gasteiger charge is 2.30. The van der Waals surface area contributed by atoms with Crippen molar-refractivity contribution >= 4 is 18.5 Å². The average Bonchev–Trinajstić information content (AvgIpc) is 2.51. The molecule has 2 nitrogen and oxygen atoms in total. The quantitative estimate of drug-likeness (QED) is 0.595. The summed E-state index contributed by atoms with van der Waals surface area (Å²) < 4.78 is 0. The molecule has 1 amide bonds. The summed E-state index contributed by atoms with van der Waals surface area (Å²) in [5.74, 6) is 2.49. The zero-order chi connectivity index (χ0) is 11.4. The molecule has 0 aromatic carbocycles. The van der Waals surface area contributed by atoms with Gasteiger partial charge in [-0.15, -0.1) is 0 Å². The second-order valence-electron chi connectivity index (χ2n) is 5.41. The summed E-state index contributed by atoms with van der Waals surface area (Å²) in [5.41, 5.74) is 0. The van der Waals surface area contributed by atoms with Gasteiger partial charge in [0, 0.05) is 19.5 Å². The number of carbonyl (C=O) groups is 1.